The van der Waals surface area contributed by atoms with Crippen LogP contribution < -0.4 is 0 Å². The van der Waals surface area contributed by atoms with E-state index in [-0.39, 0.29) is 25.7 Å². The number of carbonyl (C=O) groups is 4. The summed E-state index contributed by atoms with van der Waals surface area (Å²) in [6, 6.07) is 0. The van der Waals surface area contributed by atoms with Crippen molar-refractivity contribution in [2.45, 2.75) is 368 Å². The van der Waals surface area contributed by atoms with Crippen molar-refractivity contribution < 1.29 is 80.2 Å². The lowest BCUT2D eigenvalue weighted by atomic mass is 10.00. The van der Waals surface area contributed by atoms with Gasteiger partial charge in [0.05, 0.1) is 26.4 Å². The number of rotatable bonds is 68. The number of aliphatic hydroxyl groups is 1. The van der Waals surface area contributed by atoms with Crippen molar-refractivity contribution in [2.75, 3.05) is 39.6 Å². The van der Waals surface area contributed by atoms with Crippen LogP contribution in [0.25, 0.3) is 0 Å². The van der Waals surface area contributed by atoms with Gasteiger partial charge in [-0.3, -0.25) is 37.3 Å². The third-order valence-electron chi connectivity index (χ3n) is 16.3. The molecule has 0 aromatic carbocycles. The highest BCUT2D eigenvalue weighted by Gasteiger charge is 2.30. The highest BCUT2D eigenvalue weighted by atomic mass is 31.2. The van der Waals surface area contributed by atoms with E-state index in [2.05, 4.69) is 41.5 Å². The van der Waals surface area contributed by atoms with Crippen molar-refractivity contribution in [1.29, 1.82) is 0 Å². The van der Waals surface area contributed by atoms with Crippen LogP contribution in [0.5, 0.6) is 0 Å². The summed E-state index contributed by atoms with van der Waals surface area (Å²) in [4.78, 5) is 72.2. The Kier molecular flexibility index (Phi) is 59.9. The van der Waals surface area contributed by atoms with Crippen LogP contribution in [-0.4, -0.2) is 96.7 Å². The Morgan fingerprint density at radius 1 is 0.330 bits per heavy atom. The molecule has 0 aromatic rings. The summed E-state index contributed by atoms with van der Waals surface area (Å²) < 4.78 is 68.0. The summed E-state index contributed by atoms with van der Waals surface area (Å²) in [5.74, 6) is -0.739. The van der Waals surface area contributed by atoms with Gasteiger partial charge in [0.25, 0.3) is 0 Å². The van der Waals surface area contributed by atoms with E-state index in [0.717, 1.165) is 115 Å². The molecule has 19 heteroatoms. The summed E-state index contributed by atoms with van der Waals surface area (Å²) in [7, 11) is -9.89. The van der Waals surface area contributed by atoms with E-state index in [1.54, 1.807) is 0 Å². The molecular formula is C69H134O17P2. The molecule has 0 heterocycles. The third-order valence-corrected chi connectivity index (χ3v) is 18.2. The standard InChI is InChI=1S/C69H134O17P2/c1-7-10-12-14-16-17-18-19-20-21-22-23-24-25-26-27-28-29-30-32-41-47-53-68(73)85-64(58-80-67(72)52-46-40-36-34-38-44-50-62(6)9-3)59-83-87(75,76)81-55-63(70)56-82-88(77,78)84-60-65(57-79-66(71)51-45-39-31-15-13-11-8-2)86-69(74)54-48-42-35-33-37-43-49-61(4)5/h61-65,70H,7-60H2,1-6H3,(H,75,76)(H,77,78)/t62?,63-,64-,65-/m1/s1. The number of esters is 4. The summed E-state index contributed by atoms with van der Waals surface area (Å²) in [6.07, 6.45) is 46.5. The molecule has 0 saturated heterocycles. The van der Waals surface area contributed by atoms with Gasteiger partial charge in [0.2, 0.25) is 0 Å². The number of phosphoric acid groups is 2. The predicted octanol–water partition coefficient (Wildman–Crippen LogP) is 19.6. The average Bonchev–Trinajstić information content (AvgIpc) is 3.64. The molecular weight excluding hydrogens is 1160 g/mol. The molecule has 3 N–H and O–H groups in total. The van der Waals surface area contributed by atoms with Crippen LogP contribution >= 0.6 is 15.6 Å². The lowest BCUT2D eigenvalue weighted by Crippen LogP contribution is -2.30. The number of hydrogen-bond donors (Lipinski definition) is 3. The highest BCUT2D eigenvalue weighted by Crippen LogP contribution is 2.45. The van der Waals surface area contributed by atoms with Crippen LogP contribution in [0.1, 0.15) is 350 Å². The van der Waals surface area contributed by atoms with E-state index in [1.807, 2.05) is 0 Å². The summed E-state index contributed by atoms with van der Waals surface area (Å²) in [5, 5.41) is 10.5. The molecule has 17 nitrogen and oxygen atoms in total. The largest absolute Gasteiger partial charge is 0.472 e. The van der Waals surface area contributed by atoms with Gasteiger partial charge in [-0.1, -0.05) is 298 Å². The highest BCUT2D eigenvalue weighted by molar-refractivity contribution is 7.47. The van der Waals surface area contributed by atoms with Crippen LogP contribution in [-0.2, 0) is 65.4 Å². The monoisotopic (exact) mass is 1300 g/mol. The van der Waals surface area contributed by atoms with Crippen molar-refractivity contribution in [1.82, 2.24) is 0 Å². The lowest BCUT2D eigenvalue weighted by Gasteiger charge is -2.21. The molecule has 0 spiro atoms. The Balaban J connectivity index is 5.09. The first-order chi connectivity index (χ1) is 42.4. The van der Waals surface area contributed by atoms with Gasteiger partial charge >= 0.3 is 39.5 Å². The minimum Gasteiger partial charge on any atom is -0.462 e. The number of phosphoric ester groups is 2. The molecule has 522 valence electrons. The van der Waals surface area contributed by atoms with Crippen molar-refractivity contribution in [3.63, 3.8) is 0 Å². The number of unbranched alkanes of at least 4 members (excludes halogenated alkanes) is 37. The Bertz CT molecular complexity index is 1720. The maximum absolute atomic E-state index is 13.0. The lowest BCUT2D eigenvalue weighted by molar-refractivity contribution is -0.161. The van der Waals surface area contributed by atoms with Crippen LogP contribution in [0.15, 0.2) is 0 Å². The smallest absolute Gasteiger partial charge is 0.462 e. The van der Waals surface area contributed by atoms with E-state index in [0.29, 0.717) is 31.6 Å². The number of ether oxygens (including phenoxy) is 4. The van der Waals surface area contributed by atoms with E-state index < -0.39 is 97.5 Å². The van der Waals surface area contributed by atoms with Crippen molar-refractivity contribution in [2.24, 2.45) is 11.8 Å². The third kappa shape index (κ3) is 61.6. The molecule has 0 aliphatic carbocycles. The van der Waals surface area contributed by atoms with Gasteiger partial charge in [-0.05, 0) is 37.5 Å². The molecule has 0 aromatic heterocycles. The van der Waals surface area contributed by atoms with Crippen molar-refractivity contribution >= 4 is 39.5 Å². The predicted molar refractivity (Wildman–Crippen MR) is 354 cm³/mol. The maximum Gasteiger partial charge on any atom is 0.472 e. The van der Waals surface area contributed by atoms with Gasteiger partial charge < -0.3 is 33.8 Å². The van der Waals surface area contributed by atoms with Crippen LogP contribution in [0, 0.1) is 11.8 Å². The van der Waals surface area contributed by atoms with E-state index in [9.17, 15) is 43.2 Å². The van der Waals surface area contributed by atoms with Gasteiger partial charge in [0, 0.05) is 25.7 Å². The Morgan fingerprint density at radius 3 is 0.864 bits per heavy atom. The molecule has 3 unspecified atom stereocenters. The van der Waals surface area contributed by atoms with Crippen LogP contribution in [0.2, 0.25) is 0 Å². The van der Waals surface area contributed by atoms with Crippen molar-refractivity contribution in [3.8, 4) is 0 Å². The first kappa shape index (κ1) is 86.1. The molecule has 0 aliphatic rings. The fourth-order valence-electron chi connectivity index (χ4n) is 10.4. The molecule has 0 saturated carbocycles. The number of carbonyl (C=O) groups excluding carboxylic acids is 4. The van der Waals surface area contributed by atoms with Crippen LogP contribution in [0.3, 0.4) is 0 Å². The molecule has 88 heavy (non-hydrogen) atoms. The minimum atomic E-state index is -4.95. The normalized spacial score (nSPS) is 14.5. The summed E-state index contributed by atoms with van der Waals surface area (Å²) in [6.45, 7) is 9.35. The number of aliphatic hydroxyl groups excluding tert-OH is 1. The average molecular weight is 1300 g/mol. The van der Waals surface area contributed by atoms with Gasteiger partial charge in [0.15, 0.2) is 12.2 Å². The zero-order valence-corrected chi connectivity index (χ0v) is 58.8. The Labute approximate surface area is 537 Å². The van der Waals surface area contributed by atoms with Gasteiger partial charge in [0.1, 0.15) is 19.3 Å². The molecule has 6 atom stereocenters. The zero-order chi connectivity index (χ0) is 65.0. The zero-order valence-electron chi connectivity index (χ0n) is 57.0. The molecule has 0 aliphatic heterocycles. The summed E-state index contributed by atoms with van der Waals surface area (Å²) in [5.41, 5.74) is 0. The van der Waals surface area contributed by atoms with Gasteiger partial charge in [-0.2, -0.15) is 0 Å². The molecule has 0 rings (SSSR count). The van der Waals surface area contributed by atoms with Crippen molar-refractivity contribution in [3.05, 3.63) is 0 Å². The second-order valence-electron chi connectivity index (χ2n) is 25.6. The fraction of sp³-hybridized carbons (Fsp3) is 0.942. The maximum atomic E-state index is 13.0. The SMILES string of the molecule is CCCCCCCCCCCCCCCCCCCCCCCCC(=O)O[C@H](COC(=O)CCCCCCCCC(C)CC)COP(=O)(O)OC[C@@H](O)COP(=O)(O)OC[C@@H](COC(=O)CCCCCCCCC)OC(=O)CCCCCCCCC(C)C. The number of hydrogen-bond acceptors (Lipinski definition) is 15. The van der Waals surface area contributed by atoms with Crippen LogP contribution in [0.4, 0.5) is 0 Å². The second-order valence-corrected chi connectivity index (χ2v) is 28.5. The molecule has 0 amide bonds. The van der Waals surface area contributed by atoms with E-state index in [4.69, 9.17) is 37.0 Å². The first-order valence-corrected chi connectivity index (χ1v) is 39.0. The topological polar surface area (TPSA) is 237 Å². The Hall–Kier alpha value is -1.94. The summed E-state index contributed by atoms with van der Waals surface area (Å²) >= 11 is 0. The molecule has 0 radical (unpaired) electrons. The fourth-order valence-corrected chi connectivity index (χ4v) is 12.0. The second kappa shape index (κ2) is 61.3. The quantitative estimate of drug-likeness (QED) is 0.0222. The molecule has 0 bridgehead atoms. The van der Waals surface area contributed by atoms with Gasteiger partial charge in [-0.25, -0.2) is 9.13 Å². The van der Waals surface area contributed by atoms with Gasteiger partial charge in [-0.15, -0.1) is 0 Å². The minimum absolute atomic E-state index is 0.102. The molecule has 0 fully saturated rings. The van der Waals surface area contributed by atoms with E-state index in [1.165, 1.54) is 148 Å². The van der Waals surface area contributed by atoms with E-state index >= 15 is 0 Å². The Morgan fingerprint density at radius 2 is 0.580 bits per heavy atom. The first-order valence-electron chi connectivity index (χ1n) is 36.0.